The van der Waals surface area contributed by atoms with Crippen molar-refractivity contribution in [1.82, 2.24) is 14.9 Å². The number of nitrogens with zero attached hydrogens (tertiary/aromatic N) is 3. The highest BCUT2D eigenvalue weighted by molar-refractivity contribution is 7.08. The van der Waals surface area contributed by atoms with Gasteiger partial charge in [-0.15, -0.1) is 5.10 Å². The predicted molar refractivity (Wildman–Crippen MR) is 64.2 cm³/mol. The van der Waals surface area contributed by atoms with E-state index in [9.17, 15) is 4.79 Å². The minimum absolute atomic E-state index is 0.0682. The molecule has 0 bridgehead atoms. The van der Waals surface area contributed by atoms with Crippen molar-refractivity contribution in [3.63, 3.8) is 0 Å². The normalized spacial score (nSPS) is 12.5. The second kappa shape index (κ2) is 5.09. The summed E-state index contributed by atoms with van der Waals surface area (Å²) >= 11 is 1.03. The van der Waals surface area contributed by atoms with Crippen LogP contribution in [0.15, 0.2) is 5.16 Å². The van der Waals surface area contributed by atoms with Crippen molar-refractivity contribution in [2.75, 3.05) is 0 Å². The number of nitrogens with two attached hydrogens (primary N) is 1. The number of aryl methyl sites for hydroxylation is 1. The van der Waals surface area contributed by atoms with Gasteiger partial charge in [-0.2, -0.15) is 0 Å². The van der Waals surface area contributed by atoms with Gasteiger partial charge in [0, 0.05) is 0 Å². The summed E-state index contributed by atoms with van der Waals surface area (Å²) in [5.74, 6) is -0.394. The Balaban J connectivity index is 2.87. The summed E-state index contributed by atoms with van der Waals surface area (Å²) in [5, 5.41) is 18.0. The number of hydrogen-bond acceptors (Lipinski definition) is 6. The van der Waals surface area contributed by atoms with Crippen molar-refractivity contribution in [3.8, 4) is 0 Å². The molecule has 0 saturated heterocycles. The fraction of sp³-hybridized carbons (Fsp3) is 0.556. The molecule has 0 spiro atoms. The van der Waals surface area contributed by atoms with Gasteiger partial charge in [-0.1, -0.05) is 16.6 Å². The smallest absolute Gasteiger partial charge is 0.265 e. The van der Waals surface area contributed by atoms with Crippen LogP contribution in [0.25, 0.3) is 0 Å². The number of rotatable bonds is 4. The van der Waals surface area contributed by atoms with Crippen molar-refractivity contribution in [2.24, 2.45) is 10.9 Å². The molecule has 4 N–H and O–H groups in total. The average Bonchev–Trinajstić information content (AvgIpc) is 2.75. The molecule has 1 aromatic rings. The molecular formula is C9H15N5O2S. The monoisotopic (exact) mass is 257 g/mol. The van der Waals surface area contributed by atoms with Crippen LogP contribution in [0.4, 0.5) is 0 Å². The molecule has 0 saturated carbocycles. The second-order valence-electron chi connectivity index (χ2n) is 3.97. The SMILES string of the molecule is CCc1nnsc1C(=O)NC(C)(C)C(N)=NO. The zero-order chi connectivity index (χ0) is 13.1. The van der Waals surface area contributed by atoms with E-state index in [1.54, 1.807) is 13.8 Å². The highest BCUT2D eigenvalue weighted by atomic mass is 32.1. The van der Waals surface area contributed by atoms with E-state index in [0.29, 0.717) is 17.0 Å². The van der Waals surface area contributed by atoms with E-state index < -0.39 is 5.54 Å². The van der Waals surface area contributed by atoms with E-state index in [4.69, 9.17) is 10.9 Å². The van der Waals surface area contributed by atoms with Gasteiger partial charge in [-0.25, -0.2) is 0 Å². The summed E-state index contributed by atoms with van der Waals surface area (Å²) < 4.78 is 3.73. The van der Waals surface area contributed by atoms with Crippen LogP contribution in [0.1, 0.15) is 36.1 Å². The lowest BCUT2D eigenvalue weighted by molar-refractivity contribution is 0.0934. The highest BCUT2D eigenvalue weighted by Gasteiger charge is 2.28. The third-order valence-corrected chi connectivity index (χ3v) is 3.04. The van der Waals surface area contributed by atoms with Crippen molar-refractivity contribution >= 4 is 23.3 Å². The molecule has 1 aromatic heterocycles. The van der Waals surface area contributed by atoms with Gasteiger partial charge < -0.3 is 16.3 Å². The first-order valence-electron chi connectivity index (χ1n) is 5.04. The summed E-state index contributed by atoms with van der Waals surface area (Å²) in [6, 6.07) is 0. The van der Waals surface area contributed by atoms with Crippen molar-refractivity contribution in [1.29, 1.82) is 0 Å². The number of nitrogens with one attached hydrogen (secondary N) is 1. The van der Waals surface area contributed by atoms with Crippen LogP contribution in [0.2, 0.25) is 0 Å². The number of oxime groups is 1. The zero-order valence-corrected chi connectivity index (χ0v) is 10.7. The molecule has 94 valence electrons. The molecule has 0 unspecified atom stereocenters. The van der Waals surface area contributed by atoms with E-state index in [-0.39, 0.29) is 11.7 Å². The van der Waals surface area contributed by atoms with Crippen LogP contribution >= 0.6 is 11.5 Å². The minimum atomic E-state index is -0.930. The van der Waals surface area contributed by atoms with Crippen LogP contribution in [0.3, 0.4) is 0 Å². The Labute approximate surface area is 103 Å². The lowest BCUT2D eigenvalue weighted by Crippen LogP contribution is -2.53. The van der Waals surface area contributed by atoms with Crippen LogP contribution in [0, 0.1) is 0 Å². The van der Waals surface area contributed by atoms with E-state index in [0.717, 1.165) is 11.5 Å². The Morgan fingerprint density at radius 1 is 1.65 bits per heavy atom. The molecule has 0 atom stereocenters. The number of carbonyl (C=O) groups is 1. The topological polar surface area (TPSA) is 113 Å². The fourth-order valence-electron chi connectivity index (χ4n) is 1.14. The molecule has 1 rings (SSSR count). The summed E-state index contributed by atoms with van der Waals surface area (Å²) in [6.45, 7) is 5.17. The van der Waals surface area contributed by atoms with Crippen LogP contribution in [-0.4, -0.2) is 32.1 Å². The van der Waals surface area contributed by atoms with Gasteiger partial charge in [-0.3, -0.25) is 4.79 Å². The van der Waals surface area contributed by atoms with Crippen LogP contribution in [0.5, 0.6) is 0 Å². The Morgan fingerprint density at radius 2 is 2.29 bits per heavy atom. The first kappa shape index (κ1) is 13.4. The molecule has 0 aliphatic carbocycles. The number of amides is 1. The Kier molecular flexibility index (Phi) is 4.00. The summed E-state index contributed by atoms with van der Waals surface area (Å²) in [7, 11) is 0. The van der Waals surface area contributed by atoms with Crippen molar-refractivity contribution < 1.29 is 10.0 Å². The minimum Gasteiger partial charge on any atom is -0.409 e. The van der Waals surface area contributed by atoms with Gasteiger partial charge in [0.25, 0.3) is 5.91 Å². The van der Waals surface area contributed by atoms with Gasteiger partial charge in [0.05, 0.1) is 11.2 Å². The summed E-state index contributed by atoms with van der Waals surface area (Å²) in [4.78, 5) is 12.4. The number of hydrogen-bond donors (Lipinski definition) is 3. The van der Waals surface area contributed by atoms with Gasteiger partial charge in [0.1, 0.15) is 4.88 Å². The molecule has 0 aliphatic heterocycles. The third kappa shape index (κ3) is 2.90. The average molecular weight is 257 g/mol. The molecule has 0 aliphatic rings. The van der Waals surface area contributed by atoms with Gasteiger partial charge >= 0.3 is 0 Å². The lowest BCUT2D eigenvalue weighted by Gasteiger charge is -2.24. The predicted octanol–water partition coefficient (Wildman–Crippen LogP) is 0.355. The van der Waals surface area contributed by atoms with E-state index in [1.165, 1.54) is 0 Å². The molecule has 7 nitrogen and oxygen atoms in total. The van der Waals surface area contributed by atoms with Gasteiger partial charge in [0.15, 0.2) is 5.84 Å². The maximum atomic E-state index is 11.9. The Hall–Kier alpha value is -1.70. The maximum Gasteiger partial charge on any atom is 0.265 e. The molecular weight excluding hydrogens is 242 g/mol. The van der Waals surface area contributed by atoms with Crippen LogP contribution < -0.4 is 11.1 Å². The molecule has 8 heteroatoms. The second-order valence-corrected chi connectivity index (χ2v) is 4.72. The largest absolute Gasteiger partial charge is 0.409 e. The first-order valence-corrected chi connectivity index (χ1v) is 5.81. The Morgan fingerprint density at radius 3 is 2.82 bits per heavy atom. The van der Waals surface area contributed by atoms with E-state index in [1.807, 2.05) is 6.92 Å². The maximum absolute atomic E-state index is 11.9. The van der Waals surface area contributed by atoms with Crippen molar-refractivity contribution in [2.45, 2.75) is 32.7 Å². The number of aromatic nitrogens is 2. The molecule has 0 aromatic carbocycles. The molecule has 0 fully saturated rings. The zero-order valence-electron chi connectivity index (χ0n) is 9.89. The lowest BCUT2D eigenvalue weighted by atomic mass is 10.0. The highest BCUT2D eigenvalue weighted by Crippen LogP contribution is 2.13. The van der Waals surface area contributed by atoms with Crippen LogP contribution in [-0.2, 0) is 6.42 Å². The number of carbonyl (C=O) groups excluding carboxylic acids is 1. The fourth-order valence-corrected chi connectivity index (χ4v) is 1.79. The van der Waals surface area contributed by atoms with Gasteiger partial charge in [-0.05, 0) is 31.8 Å². The third-order valence-electron chi connectivity index (χ3n) is 2.27. The molecule has 1 heterocycles. The van der Waals surface area contributed by atoms with Gasteiger partial charge in [0.2, 0.25) is 0 Å². The number of amidine groups is 1. The molecule has 0 radical (unpaired) electrons. The molecule has 17 heavy (non-hydrogen) atoms. The molecule has 1 amide bonds. The van der Waals surface area contributed by atoms with E-state index in [2.05, 4.69) is 20.1 Å². The van der Waals surface area contributed by atoms with E-state index >= 15 is 0 Å². The summed E-state index contributed by atoms with van der Waals surface area (Å²) in [5.41, 5.74) is 5.19. The van der Waals surface area contributed by atoms with Crippen molar-refractivity contribution in [3.05, 3.63) is 10.6 Å². The quantitative estimate of drug-likeness (QED) is 0.312. The first-order chi connectivity index (χ1) is 7.92. The summed E-state index contributed by atoms with van der Waals surface area (Å²) in [6.07, 6.45) is 0.628. The standard InChI is InChI=1S/C9H15N5O2S/c1-4-5-6(17-14-12-5)7(15)11-9(2,3)8(10)13-16/h16H,4H2,1-3H3,(H2,10,13)(H,11,15). The Bertz CT molecular complexity index is 440.